The van der Waals surface area contributed by atoms with E-state index in [1.165, 1.54) is 23.0 Å². The molecule has 0 aliphatic carbocycles. The van der Waals surface area contributed by atoms with Crippen molar-refractivity contribution in [1.82, 2.24) is 9.78 Å². The van der Waals surface area contributed by atoms with Crippen LogP contribution in [0.3, 0.4) is 0 Å². The number of rotatable bonds is 4. The minimum atomic E-state index is -1.18. The third-order valence-corrected chi connectivity index (χ3v) is 2.54. The maximum atomic E-state index is 10.8. The molecule has 19 heavy (non-hydrogen) atoms. The highest BCUT2D eigenvalue weighted by molar-refractivity contribution is 5.91. The number of benzene rings is 1. The van der Waals surface area contributed by atoms with E-state index < -0.39 is 11.9 Å². The maximum absolute atomic E-state index is 10.8. The van der Waals surface area contributed by atoms with Gasteiger partial charge in [0.2, 0.25) is 0 Å². The van der Waals surface area contributed by atoms with Gasteiger partial charge in [-0.3, -0.25) is 4.68 Å². The van der Waals surface area contributed by atoms with Gasteiger partial charge in [0, 0.05) is 6.20 Å². The predicted octanol–water partition coefficient (Wildman–Crippen LogP) is 0.910. The Hall–Kier alpha value is -2.83. The summed E-state index contributed by atoms with van der Waals surface area (Å²) in [6.07, 6.45) is 1.43. The molecule has 7 nitrogen and oxygen atoms in total. The molecule has 0 saturated heterocycles. The summed E-state index contributed by atoms with van der Waals surface area (Å²) in [7, 11) is 0. The number of hydrogen-bond acceptors (Lipinski definition) is 4. The van der Waals surface area contributed by atoms with Crippen molar-refractivity contribution in [2.24, 2.45) is 0 Å². The van der Waals surface area contributed by atoms with Gasteiger partial charge < -0.3 is 15.9 Å². The van der Waals surface area contributed by atoms with E-state index in [2.05, 4.69) is 5.10 Å². The molecule has 7 heteroatoms. The van der Waals surface area contributed by atoms with Crippen molar-refractivity contribution in [3.63, 3.8) is 0 Å². The summed E-state index contributed by atoms with van der Waals surface area (Å²) >= 11 is 0. The summed E-state index contributed by atoms with van der Waals surface area (Å²) in [5, 5.41) is 21.4. The second kappa shape index (κ2) is 4.81. The molecule has 1 aromatic heterocycles. The van der Waals surface area contributed by atoms with Crippen molar-refractivity contribution in [3.8, 4) is 0 Å². The van der Waals surface area contributed by atoms with Crippen molar-refractivity contribution in [2.75, 3.05) is 5.73 Å². The average Bonchev–Trinajstić information content (AvgIpc) is 2.71. The van der Waals surface area contributed by atoms with Gasteiger partial charge in [-0.1, -0.05) is 12.1 Å². The van der Waals surface area contributed by atoms with E-state index in [0.717, 1.165) is 5.56 Å². The van der Waals surface area contributed by atoms with Crippen LogP contribution in [0.15, 0.2) is 30.5 Å². The van der Waals surface area contributed by atoms with Crippen LogP contribution in [-0.4, -0.2) is 31.9 Å². The SMILES string of the molecule is Nc1cn(Cc2ccc(C(=O)O)cc2)nc1C(=O)O. The number of hydrogen-bond donors (Lipinski definition) is 3. The number of nitrogen functional groups attached to an aromatic ring is 1. The Balaban J connectivity index is 2.19. The smallest absolute Gasteiger partial charge is 0.358 e. The molecular weight excluding hydrogens is 250 g/mol. The van der Waals surface area contributed by atoms with Gasteiger partial charge in [0.1, 0.15) is 0 Å². The molecule has 0 unspecified atom stereocenters. The summed E-state index contributed by atoms with van der Waals surface area (Å²) in [4.78, 5) is 21.5. The predicted molar refractivity (Wildman–Crippen MR) is 66.1 cm³/mol. The van der Waals surface area contributed by atoms with Crippen molar-refractivity contribution in [3.05, 3.63) is 47.3 Å². The lowest BCUT2D eigenvalue weighted by Gasteiger charge is -2.02. The molecule has 0 bridgehead atoms. The van der Waals surface area contributed by atoms with Crippen LogP contribution in [0.4, 0.5) is 5.69 Å². The van der Waals surface area contributed by atoms with Gasteiger partial charge in [0.05, 0.1) is 17.8 Å². The van der Waals surface area contributed by atoms with Gasteiger partial charge in [-0.15, -0.1) is 0 Å². The monoisotopic (exact) mass is 261 g/mol. The fourth-order valence-corrected chi connectivity index (χ4v) is 1.62. The topological polar surface area (TPSA) is 118 Å². The van der Waals surface area contributed by atoms with E-state index in [4.69, 9.17) is 15.9 Å². The number of nitrogens with zero attached hydrogens (tertiary/aromatic N) is 2. The van der Waals surface area contributed by atoms with E-state index in [1.54, 1.807) is 12.1 Å². The van der Waals surface area contributed by atoms with Crippen LogP contribution < -0.4 is 5.73 Å². The molecule has 1 heterocycles. The summed E-state index contributed by atoms with van der Waals surface area (Å²) in [5.74, 6) is -2.18. The molecule has 0 spiro atoms. The highest BCUT2D eigenvalue weighted by Crippen LogP contribution is 2.11. The van der Waals surface area contributed by atoms with Crippen LogP contribution in [0.2, 0.25) is 0 Å². The number of anilines is 1. The van der Waals surface area contributed by atoms with Crippen molar-refractivity contribution < 1.29 is 19.8 Å². The molecule has 0 radical (unpaired) electrons. The van der Waals surface area contributed by atoms with Gasteiger partial charge in [-0.25, -0.2) is 9.59 Å². The van der Waals surface area contributed by atoms with E-state index in [0.29, 0.717) is 6.54 Å². The molecule has 0 saturated carbocycles. The largest absolute Gasteiger partial charge is 0.478 e. The highest BCUT2D eigenvalue weighted by atomic mass is 16.4. The van der Waals surface area contributed by atoms with Crippen molar-refractivity contribution in [2.45, 2.75) is 6.54 Å². The molecular formula is C12H11N3O4. The minimum absolute atomic E-state index is 0.0923. The summed E-state index contributed by atoms with van der Waals surface area (Å²) < 4.78 is 1.40. The Morgan fingerprint density at radius 2 is 1.79 bits per heavy atom. The Morgan fingerprint density at radius 3 is 2.26 bits per heavy atom. The van der Waals surface area contributed by atoms with Gasteiger partial charge >= 0.3 is 11.9 Å². The van der Waals surface area contributed by atoms with Crippen LogP contribution in [0.5, 0.6) is 0 Å². The molecule has 4 N–H and O–H groups in total. The van der Waals surface area contributed by atoms with Crippen LogP contribution in [0.1, 0.15) is 26.4 Å². The molecule has 98 valence electrons. The average molecular weight is 261 g/mol. The lowest BCUT2D eigenvalue weighted by atomic mass is 10.1. The van der Waals surface area contributed by atoms with Gasteiger partial charge in [-0.2, -0.15) is 5.10 Å². The highest BCUT2D eigenvalue weighted by Gasteiger charge is 2.13. The third-order valence-electron chi connectivity index (χ3n) is 2.54. The van der Waals surface area contributed by atoms with Crippen LogP contribution in [0, 0.1) is 0 Å². The first-order chi connectivity index (χ1) is 8.97. The van der Waals surface area contributed by atoms with E-state index in [1.807, 2.05) is 0 Å². The number of aromatic nitrogens is 2. The lowest BCUT2D eigenvalue weighted by molar-refractivity contribution is 0.0682. The zero-order valence-electron chi connectivity index (χ0n) is 9.78. The van der Waals surface area contributed by atoms with Crippen molar-refractivity contribution >= 4 is 17.6 Å². The molecule has 0 fully saturated rings. The lowest BCUT2D eigenvalue weighted by Crippen LogP contribution is -2.05. The number of carbonyl (C=O) groups is 2. The standard InChI is InChI=1S/C12H11N3O4/c13-9-6-15(14-10(9)12(18)19)5-7-1-3-8(4-2-7)11(16)17/h1-4,6H,5,13H2,(H,16,17)(H,18,19). The van der Waals surface area contributed by atoms with Crippen LogP contribution in [-0.2, 0) is 6.54 Å². The molecule has 0 aliphatic heterocycles. The number of aromatic carboxylic acids is 2. The quantitative estimate of drug-likeness (QED) is 0.752. The first-order valence-electron chi connectivity index (χ1n) is 5.36. The summed E-state index contributed by atoms with van der Waals surface area (Å²) in [6.45, 7) is 0.317. The number of carboxylic acid groups (broad SMARTS) is 2. The Kier molecular flexibility index (Phi) is 3.19. The first kappa shape index (κ1) is 12.6. The minimum Gasteiger partial charge on any atom is -0.478 e. The number of nitrogens with two attached hydrogens (primary N) is 1. The molecule has 0 atom stereocenters. The van der Waals surface area contributed by atoms with Crippen molar-refractivity contribution in [1.29, 1.82) is 0 Å². The van der Waals surface area contributed by atoms with Crippen LogP contribution >= 0.6 is 0 Å². The zero-order chi connectivity index (χ0) is 14.0. The maximum Gasteiger partial charge on any atom is 0.358 e. The van der Waals surface area contributed by atoms with E-state index in [9.17, 15) is 9.59 Å². The third kappa shape index (κ3) is 2.71. The Morgan fingerprint density at radius 1 is 1.16 bits per heavy atom. The van der Waals surface area contributed by atoms with Gasteiger partial charge in [0.15, 0.2) is 5.69 Å². The van der Waals surface area contributed by atoms with E-state index >= 15 is 0 Å². The summed E-state index contributed by atoms with van der Waals surface area (Å²) in [5.41, 5.74) is 6.40. The molecule has 2 aromatic rings. The fraction of sp³-hybridized carbons (Fsp3) is 0.0833. The Bertz CT molecular complexity index is 631. The Labute approximate surface area is 107 Å². The zero-order valence-corrected chi connectivity index (χ0v) is 9.78. The van der Waals surface area contributed by atoms with Gasteiger partial charge in [0.25, 0.3) is 0 Å². The first-order valence-corrected chi connectivity index (χ1v) is 5.36. The molecule has 2 rings (SSSR count). The number of carboxylic acids is 2. The molecule has 0 amide bonds. The molecule has 1 aromatic carbocycles. The van der Waals surface area contributed by atoms with Gasteiger partial charge in [-0.05, 0) is 17.7 Å². The summed E-state index contributed by atoms with van der Waals surface area (Å²) in [6, 6.07) is 6.23. The molecule has 0 aliphatic rings. The fourth-order valence-electron chi connectivity index (χ4n) is 1.62. The second-order valence-corrected chi connectivity index (χ2v) is 3.94. The van der Waals surface area contributed by atoms with Crippen LogP contribution in [0.25, 0.3) is 0 Å². The second-order valence-electron chi connectivity index (χ2n) is 3.94. The normalized spacial score (nSPS) is 10.3. The van der Waals surface area contributed by atoms with E-state index in [-0.39, 0.29) is 16.9 Å².